The van der Waals surface area contributed by atoms with E-state index < -0.39 is 0 Å². The fourth-order valence-electron chi connectivity index (χ4n) is 2.48. The lowest BCUT2D eigenvalue weighted by atomic mass is 10.0. The predicted molar refractivity (Wildman–Crippen MR) is 113 cm³/mol. The van der Waals surface area contributed by atoms with Gasteiger partial charge in [-0.15, -0.1) is 24.0 Å². The van der Waals surface area contributed by atoms with Gasteiger partial charge in [0.2, 0.25) is 5.91 Å². The molecule has 1 amide bonds. The second-order valence-corrected chi connectivity index (χ2v) is 5.95. The van der Waals surface area contributed by atoms with Crippen LogP contribution >= 0.6 is 24.0 Å². The van der Waals surface area contributed by atoms with Crippen molar-refractivity contribution in [1.82, 2.24) is 15.5 Å². The van der Waals surface area contributed by atoms with Gasteiger partial charge in [-0.3, -0.25) is 4.79 Å². The molecular weight excluding hydrogens is 447 g/mol. The number of hydrogen-bond acceptors (Lipinski definition) is 4. The molecule has 2 N–H and O–H groups in total. The number of carbonyl (C=O) groups excluding carboxylic acids is 1. The van der Waals surface area contributed by atoms with Crippen molar-refractivity contribution in [2.45, 2.75) is 19.4 Å². The topological polar surface area (TPSA) is 75.2 Å². The Morgan fingerprint density at radius 3 is 2.88 bits per heavy atom. The Hall–Kier alpha value is -1.55. The third-order valence-corrected chi connectivity index (χ3v) is 3.88. The van der Waals surface area contributed by atoms with Crippen LogP contribution in [0.4, 0.5) is 0 Å². The summed E-state index contributed by atoms with van der Waals surface area (Å²) in [7, 11) is 3.45. The van der Waals surface area contributed by atoms with E-state index in [2.05, 4.69) is 21.7 Å². The minimum absolute atomic E-state index is 0. The first-order chi connectivity index (χ1) is 12.1. The number of hydrogen-bond donors (Lipinski definition) is 2. The standard InChI is InChI=1S/C18H28N4O3.HI/c1-4-24-12-10-19-18(20-13-17(23)22(2)3)21-15-9-11-25-16-8-6-5-7-14(15)16;/h5-8,15H,4,9-13H2,1-3H3,(H2,19,20,21);1H. The van der Waals surface area contributed by atoms with Crippen molar-refractivity contribution >= 4 is 35.8 Å². The summed E-state index contributed by atoms with van der Waals surface area (Å²) >= 11 is 0. The molecule has 2 rings (SSSR count). The molecule has 0 spiro atoms. The largest absolute Gasteiger partial charge is 0.493 e. The minimum atomic E-state index is -0.0433. The number of fused-ring (bicyclic) bond motifs is 1. The van der Waals surface area contributed by atoms with E-state index in [0.717, 1.165) is 17.7 Å². The molecule has 7 nitrogen and oxygen atoms in total. The maximum absolute atomic E-state index is 11.8. The van der Waals surface area contributed by atoms with E-state index in [-0.39, 0.29) is 42.5 Å². The number of guanidine groups is 1. The molecule has 0 saturated carbocycles. The van der Waals surface area contributed by atoms with Crippen molar-refractivity contribution in [2.75, 3.05) is 47.0 Å². The summed E-state index contributed by atoms with van der Waals surface area (Å²) in [5, 5.41) is 6.65. The molecule has 8 heteroatoms. The number of ether oxygens (including phenoxy) is 2. The Labute approximate surface area is 172 Å². The molecule has 1 aliphatic heterocycles. The molecule has 0 aromatic heterocycles. The summed E-state index contributed by atoms with van der Waals surface area (Å²) in [6.07, 6.45) is 0.838. The predicted octanol–water partition coefficient (Wildman–Crippen LogP) is 1.79. The highest BCUT2D eigenvalue weighted by Gasteiger charge is 2.22. The lowest BCUT2D eigenvalue weighted by molar-refractivity contribution is -0.127. The van der Waals surface area contributed by atoms with Crippen LogP contribution in [-0.2, 0) is 9.53 Å². The molecule has 1 heterocycles. The fourth-order valence-corrected chi connectivity index (χ4v) is 2.48. The quantitative estimate of drug-likeness (QED) is 0.272. The summed E-state index contributed by atoms with van der Waals surface area (Å²) in [5.74, 6) is 1.46. The van der Waals surface area contributed by atoms with Gasteiger partial charge in [-0.25, -0.2) is 4.99 Å². The average molecular weight is 476 g/mol. The van der Waals surface area contributed by atoms with E-state index in [0.29, 0.717) is 32.3 Å². The highest BCUT2D eigenvalue weighted by molar-refractivity contribution is 14.0. The van der Waals surface area contributed by atoms with Crippen LogP contribution in [0.25, 0.3) is 0 Å². The number of rotatable bonds is 7. The van der Waals surface area contributed by atoms with Crippen molar-refractivity contribution in [2.24, 2.45) is 4.99 Å². The third-order valence-electron chi connectivity index (χ3n) is 3.88. The van der Waals surface area contributed by atoms with Gasteiger partial charge in [-0.1, -0.05) is 18.2 Å². The molecule has 1 aromatic rings. The lowest BCUT2D eigenvalue weighted by Gasteiger charge is -2.28. The molecule has 0 saturated heterocycles. The monoisotopic (exact) mass is 476 g/mol. The molecule has 1 atom stereocenters. The van der Waals surface area contributed by atoms with Crippen molar-refractivity contribution in [3.05, 3.63) is 29.8 Å². The van der Waals surface area contributed by atoms with Crippen LogP contribution in [0, 0.1) is 0 Å². The van der Waals surface area contributed by atoms with Crippen LogP contribution in [0.2, 0.25) is 0 Å². The first kappa shape index (κ1) is 22.5. The average Bonchev–Trinajstić information content (AvgIpc) is 2.62. The van der Waals surface area contributed by atoms with Crippen LogP contribution in [0.5, 0.6) is 5.75 Å². The normalized spacial score (nSPS) is 16.0. The van der Waals surface area contributed by atoms with Gasteiger partial charge in [0.25, 0.3) is 0 Å². The first-order valence-corrected chi connectivity index (χ1v) is 8.66. The molecule has 0 aliphatic carbocycles. The van der Waals surface area contributed by atoms with Gasteiger partial charge in [0.05, 0.1) is 19.3 Å². The molecule has 1 unspecified atom stereocenters. The summed E-state index contributed by atoms with van der Waals surface area (Å²) in [5.41, 5.74) is 1.10. The summed E-state index contributed by atoms with van der Waals surface area (Å²) in [6.45, 7) is 4.60. The van der Waals surface area contributed by atoms with Gasteiger partial charge in [0.15, 0.2) is 5.96 Å². The maximum Gasteiger partial charge on any atom is 0.243 e. The van der Waals surface area contributed by atoms with E-state index in [9.17, 15) is 4.79 Å². The SMILES string of the molecule is CCOCCNC(=NCC(=O)N(C)C)NC1CCOc2ccccc21.I. The molecule has 146 valence electrons. The lowest BCUT2D eigenvalue weighted by Crippen LogP contribution is -2.43. The number of nitrogens with zero attached hydrogens (tertiary/aromatic N) is 2. The minimum Gasteiger partial charge on any atom is -0.493 e. The smallest absolute Gasteiger partial charge is 0.243 e. The number of likely N-dealkylation sites (N-methyl/N-ethyl adjacent to an activating group) is 1. The number of carbonyl (C=O) groups is 1. The van der Waals surface area contributed by atoms with E-state index in [4.69, 9.17) is 9.47 Å². The zero-order valence-electron chi connectivity index (χ0n) is 15.7. The number of para-hydroxylation sites is 1. The van der Waals surface area contributed by atoms with E-state index in [1.807, 2.05) is 25.1 Å². The molecule has 1 aliphatic rings. The third kappa shape index (κ3) is 6.99. The second kappa shape index (κ2) is 11.9. The zero-order valence-corrected chi connectivity index (χ0v) is 18.0. The Morgan fingerprint density at radius 2 is 2.15 bits per heavy atom. The zero-order chi connectivity index (χ0) is 18.1. The van der Waals surface area contributed by atoms with Crippen molar-refractivity contribution in [3.63, 3.8) is 0 Å². The number of aliphatic imine (C=N–C) groups is 1. The number of halogens is 1. The van der Waals surface area contributed by atoms with Gasteiger partial charge in [-0.2, -0.15) is 0 Å². The maximum atomic E-state index is 11.8. The van der Waals surface area contributed by atoms with Crippen LogP contribution < -0.4 is 15.4 Å². The highest BCUT2D eigenvalue weighted by Crippen LogP contribution is 2.31. The number of nitrogens with one attached hydrogen (secondary N) is 2. The first-order valence-electron chi connectivity index (χ1n) is 8.66. The van der Waals surface area contributed by atoms with Gasteiger partial charge < -0.3 is 25.0 Å². The number of amides is 1. The molecule has 0 fully saturated rings. The summed E-state index contributed by atoms with van der Waals surface area (Å²) < 4.78 is 11.1. The van der Waals surface area contributed by atoms with Crippen LogP contribution in [-0.4, -0.2) is 63.8 Å². The molecular formula is C18H29IN4O3. The van der Waals surface area contributed by atoms with E-state index >= 15 is 0 Å². The van der Waals surface area contributed by atoms with E-state index in [1.54, 1.807) is 14.1 Å². The Bertz CT molecular complexity index is 596. The van der Waals surface area contributed by atoms with Gasteiger partial charge >= 0.3 is 0 Å². The van der Waals surface area contributed by atoms with Crippen molar-refractivity contribution in [1.29, 1.82) is 0 Å². The number of benzene rings is 1. The van der Waals surface area contributed by atoms with Crippen LogP contribution in [0.1, 0.15) is 24.9 Å². The van der Waals surface area contributed by atoms with E-state index in [1.165, 1.54) is 4.90 Å². The fraction of sp³-hybridized carbons (Fsp3) is 0.556. The van der Waals surface area contributed by atoms with Crippen molar-refractivity contribution < 1.29 is 14.3 Å². The second-order valence-electron chi connectivity index (χ2n) is 5.95. The molecule has 0 radical (unpaired) electrons. The molecule has 0 bridgehead atoms. The molecule has 1 aromatic carbocycles. The van der Waals surface area contributed by atoms with Crippen LogP contribution in [0.15, 0.2) is 29.3 Å². The Kier molecular flexibility index (Phi) is 10.3. The van der Waals surface area contributed by atoms with Gasteiger partial charge in [0.1, 0.15) is 12.3 Å². The Balaban J connectivity index is 0.00000338. The summed E-state index contributed by atoms with van der Waals surface area (Å²) in [6, 6.07) is 8.08. The van der Waals surface area contributed by atoms with Gasteiger partial charge in [0, 0.05) is 39.2 Å². The van der Waals surface area contributed by atoms with Crippen LogP contribution in [0.3, 0.4) is 0 Å². The summed E-state index contributed by atoms with van der Waals surface area (Å²) in [4.78, 5) is 17.8. The van der Waals surface area contributed by atoms with Gasteiger partial charge in [-0.05, 0) is 13.0 Å². The van der Waals surface area contributed by atoms with Crippen molar-refractivity contribution in [3.8, 4) is 5.75 Å². The molecule has 26 heavy (non-hydrogen) atoms. The highest BCUT2D eigenvalue weighted by atomic mass is 127. The Morgan fingerprint density at radius 1 is 1.38 bits per heavy atom.